The SMILES string of the molecule is CC(C)(C)[Si](C)(C)OCCn1cnc2cc(-c3ccc(C(=O)N4CCNCC4)cc3)ccc21. The number of piperazine rings is 1. The zero-order chi connectivity index (χ0) is 23.6. The van der Waals surface area contributed by atoms with Gasteiger partial charge in [0.2, 0.25) is 0 Å². The summed E-state index contributed by atoms with van der Waals surface area (Å²) in [6.07, 6.45) is 1.90. The summed E-state index contributed by atoms with van der Waals surface area (Å²) in [5.41, 5.74) is 5.02. The van der Waals surface area contributed by atoms with Crippen LogP contribution in [0.25, 0.3) is 22.2 Å². The summed E-state index contributed by atoms with van der Waals surface area (Å²) >= 11 is 0. The summed E-state index contributed by atoms with van der Waals surface area (Å²) in [5, 5.41) is 3.50. The average molecular weight is 465 g/mol. The van der Waals surface area contributed by atoms with E-state index in [-0.39, 0.29) is 10.9 Å². The molecule has 1 fully saturated rings. The maximum Gasteiger partial charge on any atom is 0.253 e. The molecule has 6 nitrogen and oxygen atoms in total. The van der Waals surface area contributed by atoms with Crippen LogP contribution in [0, 0.1) is 0 Å². The first-order valence-electron chi connectivity index (χ1n) is 11.8. The van der Waals surface area contributed by atoms with Gasteiger partial charge in [-0.15, -0.1) is 0 Å². The largest absolute Gasteiger partial charge is 0.415 e. The molecule has 0 aliphatic carbocycles. The molecule has 1 aromatic heterocycles. The topological polar surface area (TPSA) is 59.4 Å². The molecule has 1 aliphatic heterocycles. The molecule has 7 heteroatoms. The summed E-state index contributed by atoms with van der Waals surface area (Å²) in [5.74, 6) is 0.108. The van der Waals surface area contributed by atoms with Gasteiger partial charge in [-0.1, -0.05) is 39.0 Å². The summed E-state index contributed by atoms with van der Waals surface area (Å²) in [6.45, 7) is 16.1. The van der Waals surface area contributed by atoms with E-state index < -0.39 is 8.32 Å². The minimum Gasteiger partial charge on any atom is -0.415 e. The molecule has 2 heterocycles. The van der Waals surface area contributed by atoms with Crippen LogP contribution in [-0.4, -0.2) is 61.5 Å². The lowest BCUT2D eigenvalue weighted by Crippen LogP contribution is -2.46. The summed E-state index contributed by atoms with van der Waals surface area (Å²) < 4.78 is 8.51. The van der Waals surface area contributed by atoms with Crippen LogP contribution >= 0.6 is 0 Å². The smallest absolute Gasteiger partial charge is 0.253 e. The third-order valence-corrected chi connectivity index (χ3v) is 11.6. The Balaban J connectivity index is 1.44. The zero-order valence-electron chi connectivity index (χ0n) is 20.5. The van der Waals surface area contributed by atoms with E-state index in [0.717, 1.165) is 60.4 Å². The maximum absolute atomic E-state index is 12.7. The molecule has 0 saturated carbocycles. The number of carbonyl (C=O) groups excluding carboxylic acids is 1. The number of benzene rings is 2. The van der Waals surface area contributed by atoms with Gasteiger partial charge in [0.25, 0.3) is 5.91 Å². The van der Waals surface area contributed by atoms with Gasteiger partial charge < -0.3 is 19.2 Å². The predicted octanol–water partition coefficient (Wildman–Crippen LogP) is 4.77. The van der Waals surface area contributed by atoms with Crippen molar-refractivity contribution in [1.29, 1.82) is 0 Å². The van der Waals surface area contributed by atoms with Crippen molar-refractivity contribution in [3.8, 4) is 11.1 Å². The number of imidazole rings is 1. The number of nitrogens with zero attached hydrogens (tertiary/aromatic N) is 3. The fourth-order valence-corrected chi connectivity index (χ4v) is 4.93. The van der Waals surface area contributed by atoms with E-state index in [2.05, 4.69) is 66.9 Å². The van der Waals surface area contributed by atoms with Crippen molar-refractivity contribution in [3.63, 3.8) is 0 Å². The lowest BCUT2D eigenvalue weighted by molar-refractivity contribution is 0.0736. The van der Waals surface area contributed by atoms with E-state index in [4.69, 9.17) is 4.43 Å². The van der Waals surface area contributed by atoms with Crippen molar-refractivity contribution >= 4 is 25.3 Å². The van der Waals surface area contributed by atoms with Crippen molar-refractivity contribution in [2.45, 2.75) is 45.4 Å². The number of amides is 1. The summed E-state index contributed by atoms with van der Waals surface area (Å²) in [6, 6.07) is 14.3. The first kappa shape index (κ1) is 23.7. The molecular weight excluding hydrogens is 428 g/mol. The molecule has 2 aromatic carbocycles. The number of aromatic nitrogens is 2. The van der Waals surface area contributed by atoms with Gasteiger partial charge >= 0.3 is 0 Å². The van der Waals surface area contributed by atoms with Crippen LogP contribution < -0.4 is 5.32 Å². The number of carbonyl (C=O) groups is 1. The molecule has 0 radical (unpaired) electrons. The predicted molar refractivity (Wildman–Crippen MR) is 137 cm³/mol. The van der Waals surface area contributed by atoms with E-state index >= 15 is 0 Å². The average Bonchev–Trinajstić information content (AvgIpc) is 3.20. The van der Waals surface area contributed by atoms with Crippen LogP contribution in [0.4, 0.5) is 0 Å². The van der Waals surface area contributed by atoms with Crippen molar-refractivity contribution in [1.82, 2.24) is 19.8 Å². The Morgan fingerprint density at radius 3 is 2.39 bits per heavy atom. The Hall–Kier alpha value is -2.48. The normalized spacial score (nSPS) is 15.2. The van der Waals surface area contributed by atoms with Gasteiger partial charge in [0.15, 0.2) is 8.32 Å². The zero-order valence-corrected chi connectivity index (χ0v) is 21.5. The quantitative estimate of drug-likeness (QED) is 0.534. The van der Waals surface area contributed by atoms with Crippen molar-refractivity contribution in [2.75, 3.05) is 32.8 Å². The molecule has 0 atom stereocenters. The van der Waals surface area contributed by atoms with E-state index in [1.54, 1.807) is 0 Å². The van der Waals surface area contributed by atoms with Gasteiger partial charge in [-0.25, -0.2) is 4.98 Å². The molecule has 0 unspecified atom stereocenters. The lowest BCUT2D eigenvalue weighted by atomic mass is 10.0. The molecule has 33 heavy (non-hydrogen) atoms. The second kappa shape index (κ2) is 9.41. The molecular formula is C26H36N4O2Si. The van der Waals surface area contributed by atoms with Crippen LogP contribution in [0.2, 0.25) is 18.1 Å². The standard InChI is InChI=1S/C26H36N4O2Si/c1-26(2,3)33(4,5)32-17-16-30-19-28-23-18-22(10-11-24(23)30)20-6-8-21(9-7-20)25(31)29-14-12-27-13-15-29/h6-11,18-19,27H,12-17H2,1-5H3. The Bertz CT molecular complexity index is 1110. The van der Waals surface area contributed by atoms with Gasteiger partial charge in [0, 0.05) is 38.3 Å². The monoisotopic (exact) mass is 464 g/mol. The number of hydrogen-bond donors (Lipinski definition) is 1. The van der Waals surface area contributed by atoms with Crippen LogP contribution in [0.15, 0.2) is 48.8 Å². The molecule has 0 spiro atoms. The number of rotatable bonds is 6. The fraction of sp³-hybridized carbons (Fsp3) is 0.462. The highest BCUT2D eigenvalue weighted by molar-refractivity contribution is 6.74. The minimum absolute atomic E-state index is 0.108. The molecule has 1 amide bonds. The second-order valence-electron chi connectivity index (χ2n) is 10.4. The highest BCUT2D eigenvalue weighted by Gasteiger charge is 2.36. The maximum atomic E-state index is 12.7. The fourth-order valence-electron chi connectivity index (χ4n) is 3.89. The third kappa shape index (κ3) is 5.21. The Morgan fingerprint density at radius 1 is 1.06 bits per heavy atom. The molecule has 1 N–H and O–H groups in total. The van der Waals surface area contributed by atoms with E-state index in [0.29, 0.717) is 6.61 Å². The highest BCUT2D eigenvalue weighted by atomic mass is 28.4. The summed E-state index contributed by atoms with van der Waals surface area (Å²) in [4.78, 5) is 19.2. The van der Waals surface area contributed by atoms with Gasteiger partial charge in [0.05, 0.1) is 24.0 Å². The van der Waals surface area contributed by atoms with Gasteiger partial charge in [-0.2, -0.15) is 0 Å². The second-order valence-corrected chi connectivity index (χ2v) is 15.2. The Labute approximate surface area is 198 Å². The van der Waals surface area contributed by atoms with Crippen LogP contribution in [0.3, 0.4) is 0 Å². The van der Waals surface area contributed by atoms with Gasteiger partial charge in [-0.3, -0.25) is 4.79 Å². The first-order valence-corrected chi connectivity index (χ1v) is 14.8. The molecule has 3 aromatic rings. The number of fused-ring (bicyclic) bond motifs is 1. The summed E-state index contributed by atoms with van der Waals surface area (Å²) in [7, 11) is -1.75. The highest BCUT2D eigenvalue weighted by Crippen LogP contribution is 2.36. The van der Waals surface area contributed by atoms with Crippen molar-refractivity contribution in [2.24, 2.45) is 0 Å². The Kier molecular flexibility index (Phi) is 6.75. The molecule has 4 rings (SSSR count). The van der Waals surface area contributed by atoms with Crippen LogP contribution in [0.1, 0.15) is 31.1 Å². The lowest BCUT2D eigenvalue weighted by Gasteiger charge is -2.36. The van der Waals surface area contributed by atoms with Gasteiger partial charge in [-0.05, 0) is 53.5 Å². The molecule has 176 valence electrons. The number of hydrogen-bond acceptors (Lipinski definition) is 4. The van der Waals surface area contributed by atoms with Crippen molar-refractivity contribution < 1.29 is 9.22 Å². The van der Waals surface area contributed by atoms with Gasteiger partial charge in [0.1, 0.15) is 0 Å². The minimum atomic E-state index is -1.75. The van der Waals surface area contributed by atoms with Crippen LogP contribution in [0.5, 0.6) is 0 Å². The van der Waals surface area contributed by atoms with Crippen LogP contribution in [-0.2, 0) is 11.0 Å². The van der Waals surface area contributed by atoms with E-state index in [1.807, 2.05) is 35.5 Å². The molecule has 1 aliphatic rings. The Morgan fingerprint density at radius 2 is 1.73 bits per heavy atom. The molecule has 0 bridgehead atoms. The van der Waals surface area contributed by atoms with E-state index in [1.165, 1.54) is 0 Å². The number of nitrogens with one attached hydrogen (secondary N) is 1. The molecule has 1 saturated heterocycles. The van der Waals surface area contributed by atoms with Crippen molar-refractivity contribution in [3.05, 3.63) is 54.4 Å². The van der Waals surface area contributed by atoms with E-state index in [9.17, 15) is 4.79 Å². The third-order valence-electron chi connectivity index (χ3n) is 7.09. The first-order chi connectivity index (χ1) is 15.7.